The molecule has 0 fully saturated rings. The van der Waals surface area contributed by atoms with Gasteiger partial charge in [-0.25, -0.2) is 4.79 Å². The highest BCUT2D eigenvalue weighted by molar-refractivity contribution is 7.99. The summed E-state index contributed by atoms with van der Waals surface area (Å²) in [6.07, 6.45) is 0. The molecule has 0 bridgehead atoms. The molecule has 6 nitrogen and oxygen atoms in total. The van der Waals surface area contributed by atoms with Gasteiger partial charge in [0.05, 0.1) is 24.7 Å². The molecule has 3 rings (SSSR count). The number of benzene rings is 2. The van der Waals surface area contributed by atoms with Crippen molar-refractivity contribution in [3.63, 3.8) is 0 Å². The number of hydrogen-bond acceptors (Lipinski definition) is 8. The summed E-state index contributed by atoms with van der Waals surface area (Å²) in [6, 6.07) is 14.1. The average molecular weight is 478 g/mol. The molecule has 0 saturated heterocycles. The SMILES string of the molecule is COCCOc1c(SC[C@@H](C)CN[C@@H]2COc3ccccc3SC2)cccc1C(=O)OC. The van der Waals surface area contributed by atoms with Gasteiger partial charge in [-0.2, -0.15) is 0 Å². The smallest absolute Gasteiger partial charge is 0.341 e. The van der Waals surface area contributed by atoms with Crippen molar-refractivity contribution in [1.82, 2.24) is 5.32 Å². The van der Waals surface area contributed by atoms with Crippen LogP contribution in [-0.2, 0) is 9.47 Å². The van der Waals surface area contributed by atoms with E-state index in [2.05, 4.69) is 18.3 Å². The number of fused-ring (bicyclic) bond motifs is 1. The lowest BCUT2D eigenvalue weighted by Crippen LogP contribution is -2.39. The van der Waals surface area contributed by atoms with Crippen LogP contribution in [-0.4, -0.2) is 64.1 Å². The van der Waals surface area contributed by atoms with Crippen LogP contribution in [0.25, 0.3) is 0 Å². The second-order valence-corrected chi connectivity index (χ2v) is 9.68. The third kappa shape index (κ3) is 7.07. The lowest BCUT2D eigenvalue weighted by atomic mass is 10.2. The third-order valence-electron chi connectivity index (χ3n) is 4.93. The van der Waals surface area contributed by atoms with Gasteiger partial charge in [-0.05, 0) is 36.7 Å². The number of carbonyl (C=O) groups is 1. The molecule has 0 spiro atoms. The maximum atomic E-state index is 12.2. The Morgan fingerprint density at radius 2 is 2.06 bits per heavy atom. The topological polar surface area (TPSA) is 66.0 Å². The summed E-state index contributed by atoms with van der Waals surface area (Å²) in [5.74, 6) is 3.42. The zero-order chi connectivity index (χ0) is 22.8. The van der Waals surface area contributed by atoms with Crippen molar-refractivity contribution in [1.29, 1.82) is 0 Å². The molecule has 0 aromatic heterocycles. The molecule has 1 aliphatic rings. The Morgan fingerprint density at radius 1 is 1.22 bits per heavy atom. The number of methoxy groups -OCH3 is 2. The summed E-state index contributed by atoms with van der Waals surface area (Å²) < 4.78 is 21.9. The Bertz CT molecular complexity index is 852. The van der Waals surface area contributed by atoms with Crippen LogP contribution in [0.2, 0.25) is 0 Å². The second-order valence-electron chi connectivity index (χ2n) is 7.56. The molecule has 0 amide bonds. The normalized spacial score (nSPS) is 16.4. The predicted octanol–water partition coefficient (Wildman–Crippen LogP) is 4.37. The first-order valence-electron chi connectivity index (χ1n) is 10.7. The standard InChI is InChI=1S/C24H31NO5S2/c1-17(13-25-18-14-30-20-8-4-5-9-21(20)32-16-18)15-31-22-10-6-7-19(24(26)28-3)23(22)29-12-11-27-2/h4-10,17-18,25H,11-16H2,1-3H3/t17-,18+/m0/s1. The Kier molecular flexibility index (Phi) is 10.1. The zero-order valence-electron chi connectivity index (χ0n) is 18.8. The molecular weight excluding hydrogens is 446 g/mol. The molecule has 0 unspecified atom stereocenters. The van der Waals surface area contributed by atoms with E-state index < -0.39 is 5.97 Å². The maximum absolute atomic E-state index is 12.2. The van der Waals surface area contributed by atoms with Crippen molar-refractivity contribution >= 4 is 29.5 Å². The summed E-state index contributed by atoms with van der Waals surface area (Å²) in [4.78, 5) is 14.3. The number of hydrogen-bond donors (Lipinski definition) is 1. The van der Waals surface area contributed by atoms with Crippen molar-refractivity contribution in [2.45, 2.75) is 22.8 Å². The van der Waals surface area contributed by atoms with Crippen molar-refractivity contribution in [2.24, 2.45) is 5.92 Å². The molecule has 0 aliphatic carbocycles. The van der Waals surface area contributed by atoms with Crippen LogP contribution in [0.4, 0.5) is 0 Å². The number of para-hydroxylation sites is 2. The second kappa shape index (κ2) is 13.0. The average Bonchev–Trinajstić information content (AvgIpc) is 3.04. The number of thioether (sulfide) groups is 2. The van der Waals surface area contributed by atoms with Gasteiger partial charge in [0, 0.05) is 23.5 Å². The fourth-order valence-corrected chi connectivity index (χ4v) is 5.27. The number of ether oxygens (including phenoxy) is 4. The van der Waals surface area contributed by atoms with Crippen molar-refractivity contribution in [3.05, 3.63) is 48.0 Å². The van der Waals surface area contributed by atoms with Crippen LogP contribution in [0.1, 0.15) is 17.3 Å². The van der Waals surface area contributed by atoms with Crippen molar-refractivity contribution in [3.8, 4) is 11.5 Å². The lowest BCUT2D eigenvalue weighted by molar-refractivity contribution is 0.0593. The Labute approximate surface area is 198 Å². The van der Waals surface area contributed by atoms with Gasteiger partial charge in [0.1, 0.15) is 30.3 Å². The van der Waals surface area contributed by atoms with Gasteiger partial charge >= 0.3 is 5.97 Å². The molecule has 2 aromatic carbocycles. The molecule has 1 heterocycles. The first-order valence-corrected chi connectivity index (χ1v) is 12.6. The molecule has 174 valence electrons. The van der Waals surface area contributed by atoms with Crippen LogP contribution in [0.3, 0.4) is 0 Å². The van der Waals surface area contributed by atoms with E-state index in [0.717, 1.165) is 28.7 Å². The van der Waals surface area contributed by atoms with E-state index in [1.807, 2.05) is 42.1 Å². The predicted molar refractivity (Wildman–Crippen MR) is 129 cm³/mol. The van der Waals surface area contributed by atoms with Crippen molar-refractivity contribution in [2.75, 3.05) is 52.1 Å². The van der Waals surface area contributed by atoms with Crippen LogP contribution >= 0.6 is 23.5 Å². The highest BCUT2D eigenvalue weighted by Gasteiger charge is 2.20. The minimum absolute atomic E-state index is 0.301. The van der Waals surface area contributed by atoms with Gasteiger partial charge in [-0.3, -0.25) is 0 Å². The first-order chi connectivity index (χ1) is 15.6. The molecule has 8 heteroatoms. The Hall–Kier alpha value is -1.87. The molecule has 0 saturated carbocycles. The van der Waals surface area contributed by atoms with Gasteiger partial charge in [-0.1, -0.05) is 25.1 Å². The van der Waals surface area contributed by atoms with Crippen LogP contribution < -0.4 is 14.8 Å². The highest BCUT2D eigenvalue weighted by atomic mass is 32.2. The van der Waals surface area contributed by atoms with Crippen molar-refractivity contribution < 1.29 is 23.7 Å². The number of nitrogens with one attached hydrogen (secondary N) is 1. The van der Waals surface area contributed by atoms with E-state index in [0.29, 0.717) is 43.1 Å². The van der Waals surface area contributed by atoms with Gasteiger partial charge in [0.15, 0.2) is 0 Å². The monoisotopic (exact) mass is 477 g/mol. The van der Waals surface area contributed by atoms with E-state index in [-0.39, 0.29) is 0 Å². The largest absolute Gasteiger partial charge is 0.491 e. The summed E-state index contributed by atoms with van der Waals surface area (Å²) >= 11 is 3.52. The maximum Gasteiger partial charge on any atom is 0.341 e. The lowest BCUT2D eigenvalue weighted by Gasteiger charge is -2.20. The number of rotatable bonds is 11. The fraction of sp³-hybridized carbons (Fsp3) is 0.458. The Morgan fingerprint density at radius 3 is 2.88 bits per heavy atom. The van der Waals surface area contributed by atoms with E-state index >= 15 is 0 Å². The van der Waals surface area contributed by atoms with Gasteiger partial charge in [-0.15, -0.1) is 23.5 Å². The molecule has 1 aliphatic heterocycles. The fourth-order valence-electron chi connectivity index (χ4n) is 3.17. The minimum atomic E-state index is -0.401. The molecule has 2 aromatic rings. The molecule has 32 heavy (non-hydrogen) atoms. The van der Waals surface area contributed by atoms with Gasteiger partial charge in [0.2, 0.25) is 0 Å². The van der Waals surface area contributed by atoms with Crippen LogP contribution in [0.5, 0.6) is 11.5 Å². The van der Waals surface area contributed by atoms with E-state index in [4.69, 9.17) is 18.9 Å². The zero-order valence-corrected chi connectivity index (χ0v) is 20.4. The number of carbonyl (C=O) groups excluding carboxylic acids is 1. The summed E-state index contributed by atoms with van der Waals surface area (Å²) in [6.45, 7) is 4.59. The number of esters is 1. The van der Waals surface area contributed by atoms with Crippen LogP contribution in [0.15, 0.2) is 52.3 Å². The minimum Gasteiger partial charge on any atom is -0.491 e. The third-order valence-corrected chi connectivity index (χ3v) is 7.51. The summed E-state index contributed by atoms with van der Waals surface area (Å²) in [5, 5.41) is 3.65. The van der Waals surface area contributed by atoms with E-state index in [1.54, 1.807) is 24.9 Å². The quantitative estimate of drug-likeness (QED) is 0.291. The highest BCUT2D eigenvalue weighted by Crippen LogP contribution is 2.35. The van der Waals surface area contributed by atoms with Crippen LogP contribution in [0, 0.1) is 5.92 Å². The molecule has 0 radical (unpaired) electrons. The van der Waals surface area contributed by atoms with E-state index in [1.165, 1.54) is 12.0 Å². The molecule has 1 N–H and O–H groups in total. The van der Waals surface area contributed by atoms with Gasteiger partial charge in [0.25, 0.3) is 0 Å². The molecule has 2 atom stereocenters. The first kappa shape index (κ1) is 24.8. The summed E-state index contributed by atoms with van der Waals surface area (Å²) in [5.41, 5.74) is 0.437. The molecular formula is C24H31NO5S2. The van der Waals surface area contributed by atoms with Gasteiger partial charge < -0.3 is 24.3 Å². The summed E-state index contributed by atoms with van der Waals surface area (Å²) in [7, 11) is 3.00. The van der Waals surface area contributed by atoms with E-state index in [9.17, 15) is 4.79 Å². The Balaban J connectivity index is 1.53.